The summed E-state index contributed by atoms with van der Waals surface area (Å²) in [7, 11) is 0. The first kappa shape index (κ1) is 16.2. The first-order valence-corrected chi connectivity index (χ1v) is 8.27. The summed E-state index contributed by atoms with van der Waals surface area (Å²) in [4.78, 5) is 24.0. The van der Waals surface area contributed by atoms with Crippen LogP contribution in [0.25, 0.3) is 0 Å². The SMILES string of the molecule is Cc1cc(NC(C)c2ccccc2)nc(N2CCN(C=O)CC2)n1. The van der Waals surface area contributed by atoms with Gasteiger partial charge in [-0.05, 0) is 19.4 Å². The highest BCUT2D eigenvalue weighted by Crippen LogP contribution is 2.20. The molecule has 24 heavy (non-hydrogen) atoms. The van der Waals surface area contributed by atoms with E-state index in [1.165, 1.54) is 5.56 Å². The number of benzene rings is 1. The number of carbonyl (C=O) groups excluding carboxylic acids is 1. The van der Waals surface area contributed by atoms with E-state index < -0.39 is 0 Å². The molecule has 1 aliphatic heterocycles. The summed E-state index contributed by atoms with van der Waals surface area (Å²) in [5.74, 6) is 1.55. The number of carbonyl (C=O) groups is 1. The summed E-state index contributed by atoms with van der Waals surface area (Å²) in [6.07, 6.45) is 0.906. The minimum Gasteiger partial charge on any atom is -0.363 e. The number of piperazine rings is 1. The van der Waals surface area contributed by atoms with Crippen LogP contribution in [-0.4, -0.2) is 47.5 Å². The van der Waals surface area contributed by atoms with Crippen molar-refractivity contribution in [1.29, 1.82) is 0 Å². The van der Waals surface area contributed by atoms with E-state index in [1.54, 1.807) is 4.90 Å². The molecule has 0 saturated carbocycles. The van der Waals surface area contributed by atoms with Gasteiger partial charge in [-0.2, -0.15) is 4.98 Å². The van der Waals surface area contributed by atoms with Crippen LogP contribution >= 0.6 is 0 Å². The Balaban J connectivity index is 1.73. The lowest BCUT2D eigenvalue weighted by Crippen LogP contribution is -2.46. The van der Waals surface area contributed by atoms with Crippen LogP contribution in [0.3, 0.4) is 0 Å². The van der Waals surface area contributed by atoms with Crippen LogP contribution in [0.1, 0.15) is 24.2 Å². The van der Waals surface area contributed by atoms with Crippen molar-refractivity contribution < 1.29 is 4.79 Å². The fourth-order valence-corrected chi connectivity index (χ4v) is 2.84. The minimum absolute atomic E-state index is 0.167. The molecule has 1 aromatic carbocycles. The van der Waals surface area contributed by atoms with Crippen molar-refractivity contribution in [3.05, 3.63) is 47.7 Å². The van der Waals surface area contributed by atoms with Gasteiger partial charge in [0.05, 0.1) is 0 Å². The van der Waals surface area contributed by atoms with Crippen molar-refractivity contribution in [2.24, 2.45) is 0 Å². The van der Waals surface area contributed by atoms with Gasteiger partial charge in [0.2, 0.25) is 12.4 Å². The second-order valence-corrected chi connectivity index (χ2v) is 6.10. The van der Waals surface area contributed by atoms with Crippen LogP contribution in [0, 0.1) is 6.92 Å². The van der Waals surface area contributed by atoms with Gasteiger partial charge in [0.15, 0.2) is 0 Å². The van der Waals surface area contributed by atoms with E-state index in [0.29, 0.717) is 13.1 Å². The molecule has 6 heteroatoms. The van der Waals surface area contributed by atoms with Crippen molar-refractivity contribution in [2.75, 3.05) is 36.4 Å². The number of anilines is 2. The quantitative estimate of drug-likeness (QED) is 0.854. The maximum atomic E-state index is 10.8. The fraction of sp³-hybridized carbons (Fsp3) is 0.389. The molecule has 1 saturated heterocycles. The van der Waals surface area contributed by atoms with E-state index in [1.807, 2.05) is 31.2 Å². The highest BCUT2D eigenvalue weighted by atomic mass is 16.1. The predicted octanol–water partition coefficient (Wildman–Crippen LogP) is 2.24. The Morgan fingerprint density at radius 1 is 1.12 bits per heavy atom. The number of aryl methyl sites for hydroxylation is 1. The molecule has 1 aliphatic rings. The molecule has 0 bridgehead atoms. The summed E-state index contributed by atoms with van der Waals surface area (Å²) in [5.41, 5.74) is 2.15. The molecule has 1 amide bonds. The average Bonchev–Trinajstić information content (AvgIpc) is 2.62. The Labute approximate surface area is 142 Å². The molecule has 1 N–H and O–H groups in total. The second-order valence-electron chi connectivity index (χ2n) is 6.10. The van der Waals surface area contributed by atoms with Crippen LogP contribution in [0.15, 0.2) is 36.4 Å². The van der Waals surface area contributed by atoms with Crippen molar-refractivity contribution >= 4 is 18.2 Å². The Kier molecular flexibility index (Phi) is 4.93. The molecular weight excluding hydrogens is 302 g/mol. The number of amides is 1. The largest absolute Gasteiger partial charge is 0.363 e. The van der Waals surface area contributed by atoms with E-state index in [9.17, 15) is 4.79 Å². The molecule has 6 nitrogen and oxygen atoms in total. The van der Waals surface area contributed by atoms with Gasteiger partial charge in [-0.15, -0.1) is 0 Å². The monoisotopic (exact) mass is 325 g/mol. The van der Waals surface area contributed by atoms with Crippen LogP contribution in [-0.2, 0) is 4.79 Å². The van der Waals surface area contributed by atoms with Crippen molar-refractivity contribution in [3.8, 4) is 0 Å². The molecule has 3 rings (SSSR count). The van der Waals surface area contributed by atoms with Crippen molar-refractivity contribution in [3.63, 3.8) is 0 Å². The van der Waals surface area contributed by atoms with Gasteiger partial charge >= 0.3 is 0 Å². The third kappa shape index (κ3) is 3.82. The van der Waals surface area contributed by atoms with E-state index >= 15 is 0 Å². The van der Waals surface area contributed by atoms with Gasteiger partial charge in [0.25, 0.3) is 0 Å². The number of aromatic nitrogens is 2. The zero-order valence-corrected chi connectivity index (χ0v) is 14.1. The standard InChI is InChI=1S/C18H23N5O/c1-14-12-17(20-15(2)16-6-4-3-5-7-16)21-18(19-14)23-10-8-22(13-24)9-11-23/h3-7,12-13,15H,8-11H2,1-2H3,(H,19,20,21). The molecule has 2 aromatic rings. The number of hydrogen-bond donors (Lipinski definition) is 1. The van der Waals surface area contributed by atoms with Crippen LogP contribution in [0.2, 0.25) is 0 Å². The van der Waals surface area contributed by atoms with E-state index in [-0.39, 0.29) is 6.04 Å². The fourth-order valence-electron chi connectivity index (χ4n) is 2.84. The van der Waals surface area contributed by atoms with Crippen LogP contribution in [0.4, 0.5) is 11.8 Å². The van der Waals surface area contributed by atoms with Gasteiger partial charge in [0.1, 0.15) is 5.82 Å². The predicted molar refractivity (Wildman–Crippen MR) is 95.1 cm³/mol. The number of hydrogen-bond acceptors (Lipinski definition) is 5. The lowest BCUT2D eigenvalue weighted by Gasteiger charge is -2.32. The molecule has 1 aromatic heterocycles. The van der Waals surface area contributed by atoms with Crippen LogP contribution in [0.5, 0.6) is 0 Å². The van der Waals surface area contributed by atoms with Gasteiger partial charge in [-0.1, -0.05) is 30.3 Å². The first-order valence-electron chi connectivity index (χ1n) is 8.27. The Bertz CT molecular complexity index is 683. The summed E-state index contributed by atoms with van der Waals surface area (Å²) in [5, 5.41) is 3.45. The number of nitrogens with one attached hydrogen (secondary N) is 1. The number of rotatable bonds is 5. The zero-order chi connectivity index (χ0) is 16.9. The molecule has 126 valence electrons. The van der Waals surface area contributed by atoms with Gasteiger partial charge < -0.3 is 15.1 Å². The topological polar surface area (TPSA) is 61.4 Å². The van der Waals surface area contributed by atoms with Crippen molar-refractivity contribution in [1.82, 2.24) is 14.9 Å². The summed E-state index contributed by atoms with van der Waals surface area (Å²) < 4.78 is 0. The normalized spacial score (nSPS) is 15.9. The second kappa shape index (κ2) is 7.29. The molecule has 0 radical (unpaired) electrons. The molecular formula is C18H23N5O. The molecule has 1 fully saturated rings. The van der Waals surface area contributed by atoms with E-state index in [2.05, 4.69) is 39.2 Å². The van der Waals surface area contributed by atoms with Crippen molar-refractivity contribution in [2.45, 2.75) is 19.9 Å². The van der Waals surface area contributed by atoms with Gasteiger partial charge in [0, 0.05) is 44.0 Å². The molecule has 1 atom stereocenters. The summed E-state index contributed by atoms with van der Waals surface area (Å²) >= 11 is 0. The zero-order valence-electron chi connectivity index (χ0n) is 14.1. The third-order valence-corrected chi connectivity index (χ3v) is 4.25. The smallest absolute Gasteiger partial charge is 0.227 e. The summed E-state index contributed by atoms with van der Waals surface area (Å²) in [6, 6.07) is 12.4. The first-order chi connectivity index (χ1) is 11.7. The van der Waals surface area contributed by atoms with E-state index in [4.69, 9.17) is 0 Å². The van der Waals surface area contributed by atoms with E-state index in [0.717, 1.165) is 37.0 Å². The molecule has 0 aliphatic carbocycles. The van der Waals surface area contributed by atoms with Gasteiger partial charge in [-0.25, -0.2) is 4.98 Å². The molecule has 2 heterocycles. The minimum atomic E-state index is 0.167. The Morgan fingerprint density at radius 3 is 2.50 bits per heavy atom. The molecule has 1 unspecified atom stereocenters. The Morgan fingerprint density at radius 2 is 1.83 bits per heavy atom. The lowest BCUT2D eigenvalue weighted by atomic mass is 10.1. The number of nitrogens with zero attached hydrogens (tertiary/aromatic N) is 4. The Hall–Kier alpha value is -2.63. The maximum Gasteiger partial charge on any atom is 0.227 e. The summed E-state index contributed by atoms with van der Waals surface area (Å²) in [6.45, 7) is 7.04. The van der Waals surface area contributed by atoms with Gasteiger partial charge in [-0.3, -0.25) is 4.79 Å². The molecule has 0 spiro atoms. The maximum absolute atomic E-state index is 10.8. The highest BCUT2D eigenvalue weighted by Gasteiger charge is 2.19. The average molecular weight is 325 g/mol. The van der Waals surface area contributed by atoms with Crippen LogP contribution < -0.4 is 10.2 Å². The lowest BCUT2D eigenvalue weighted by molar-refractivity contribution is -0.118. The highest BCUT2D eigenvalue weighted by molar-refractivity contribution is 5.49. The third-order valence-electron chi connectivity index (χ3n) is 4.25.